The molecule has 72 heavy (non-hydrogen) atoms. The van der Waals surface area contributed by atoms with E-state index in [2.05, 4.69) is 290 Å². The molecular formula is C66H134N4O2. The number of hydrogen-bond acceptors (Lipinski definition) is 6. The number of hydrogen-bond donors (Lipinski definition) is 2. The van der Waals surface area contributed by atoms with E-state index < -0.39 is 0 Å². The van der Waals surface area contributed by atoms with Crippen LogP contribution in [0.1, 0.15) is 294 Å². The molecule has 3 saturated heterocycles. The van der Waals surface area contributed by atoms with Crippen LogP contribution in [0, 0.1) is 49.2 Å². The molecule has 4 heterocycles. The van der Waals surface area contributed by atoms with Crippen LogP contribution in [0.25, 0.3) is 0 Å². The van der Waals surface area contributed by atoms with Crippen LogP contribution in [0.3, 0.4) is 0 Å². The minimum absolute atomic E-state index is 0. The third kappa shape index (κ3) is 14.2. The molecule has 5 rings (SSSR count). The molecule has 0 saturated carbocycles. The highest BCUT2D eigenvalue weighted by atomic mass is 16.5. The van der Waals surface area contributed by atoms with Crippen LogP contribution in [-0.2, 0) is 11.1 Å². The number of hydroxylamine groups is 4. The second-order valence-electron chi connectivity index (χ2n) is 34.5. The first-order chi connectivity index (χ1) is 30.1. The third-order valence-corrected chi connectivity index (χ3v) is 19.2. The van der Waals surface area contributed by atoms with Gasteiger partial charge in [-0.25, -0.2) is 0 Å². The molecule has 0 aliphatic carbocycles. The van der Waals surface area contributed by atoms with Crippen LogP contribution >= 0.6 is 0 Å². The molecule has 1 aromatic carbocycles. The van der Waals surface area contributed by atoms with Gasteiger partial charge in [0.1, 0.15) is 0 Å². The van der Waals surface area contributed by atoms with E-state index in [1.165, 1.54) is 17.5 Å². The van der Waals surface area contributed by atoms with E-state index in [1.807, 2.05) is 0 Å². The van der Waals surface area contributed by atoms with Gasteiger partial charge in [-0.05, 0) is 211 Å². The molecule has 6 nitrogen and oxygen atoms in total. The summed E-state index contributed by atoms with van der Waals surface area (Å²) in [4.78, 5) is 5.06. The van der Waals surface area contributed by atoms with Gasteiger partial charge in [-0.15, -0.1) is 0 Å². The van der Waals surface area contributed by atoms with Gasteiger partial charge in [0.05, 0.1) is 0 Å². The molecule has 4 aliphatic rings. The fourth-order valence-electron chi connectivity index (χ4n) is 16.0. The molecule has 4 aliphatic heterocycles. The Bertz CT molecular complexity index is 1780. The molecule has 0 radical (unpaired) electrons. The zero-order valence-electron chi connectivity index (χ0n) is 54.4. The smallest absolute Gasteiger partial charge is 0.0444 e. The van der Waals surface area contributed by atoms with Gasteiger partial charge >= 0.3 is 0 Å². The molecule has 6 heteroatoms. The summed E-state index contributed by atoms with van der Waals surface area (Å²) in [5, 5.41) is 23.9. The lowest BCUT2D eigenvalue weighted by molar-refractivity contribution is -0.289. The SMILES string of the molecule is C.C.CC(C)(C)C.CC(C)(C)C1CC(C)(C)N(O)C1(C)C.CC1(C)CC(C(C)(C)C)(C(C)(C)C)CC(C)(C)N1O.CN1C(C)(C)CC(C(C)(C)C)(C(C)(C)C)C1(C)C.CN1C(C)(C)c2ccccc2C1(C)C. The Morgan fingerprint density at radius 1 is 0.431 bits per heavy atom. The molecule has 3 fully saturated rings. The van der Waals surface area contributed by atoms with E-state index in [9.17, 15) is 10.4 Å². The summed E-state index contributed by atoms with van der Waals surface area (Å²) >= 11 is 0. The average Bonchev–Trinajstić information content (AvgIpc) is 3.45. The molecule has 0 amide bonds. The molecule has 430 valence electrons. The predicted molar refractivity (Wildman–Crippen MR) is 322 cm³/mol. The van der Waals surface area contributed by atoms with Crippen molar-refractivity contribution in [1.82, 2.24) is 19.9 Å². The first kappa shape index (κ1) is 73.1. The summed E-state index contributed by atoms with van der Waals surface area (Å²) in [6.07, 6.45) is 4.36. The largest absolute Gasteiger partial charge is 0.313 e. The van der Waals surface area contributed by atoms with E-state index in [0.717, 1.165) is 19.3 Å². The lowest BCUT2D eigenvalue weighted by atomic mass is 9.46. The monoisotopic (exact) mass is 1020 g/mol. The average molecular weight is 1020 g/mol. The van der Waals surface area contributed by atoms with Gasteiger partial charge in [0.15, 0.2) is 0 Å². The van der Waals surface area contributed by atoms with E-state index in [4.69, 9.17) is 0 Å². The van der Waals surface area contributed by atoms with Crippen molar-refractivity contribution in [2.24, 2.45) is 49.2 Å². The number of nitrogens with zero attached hydrogens (tertiary/aromatic N) is 4. The zero-order chi connectivity index (χ0) is 56.7. The number of piperidine rings is 1. The van der Waals surface area contributed by atoms with Gasteiger partial charge in [0.2, 0.25) is 0 Å². The quantitative estimate of drug-likeness (QED) is 0.270. The number of rotatable bonds is 0. The van der Waals surface area contributed by atoms with Gasteiger partial charge in [0.25, 0.3) is 0 Å². The van der Waals surface area contributed by atoms with Gasteiger partial charge in [-0.3, -0.25) is 9.80 Å². The second-order valence-corrected chi connectivity index (χ2v) is 34.5. The maximum atomic E-state index is 10.6. The Morgan fingerprint density at radius 3 is 0.917 bits per heavy atom. The Morgan fingerprint density at radius 2 is 0.736 bits per heavy atom. The van der Waals surface area contributed by atoms with E-state index in [1.54, 1.807) is 10.1 Å². The number of likely N-dealkylation sites (tertiary alicyclic amines) is 1. The Balaban J connectivity index is 0. The first-order valence-electron chi connectivity index (χ1n) is 27.6. The van der Waals surface area contributed by atoms with Crippen molar-refractivity contribution in [3.8, 4) is 0 Å². The fourth-order valence-corrected chi connectivity index (χ4v) is 16.0. The van der Waals surface area contributed by atoms with Crippen molar-refractivity contribution in [2.75, 3.05) is 14.1 Å². The third-order valence-electron chi connectivity index (χ3n) is 19.2. The first-order valence-corrected chi connectivity index (χ1v) is 27.6. The van der Waals surface area contributed by atoms with Crippen molar-refractivity contribution in [2.45, 2.75) is 327 Å². The molecule has 2 N–H and O–H groups in total. The standard InChI is InChI=1S/C17H35NO.C17H35N.C13H19N.C12H25NO.C5H12.2CH4/c1-13(2,3)17(14(4,5)6)11-15(7,8)18(19)16(9,10)12-17;1-13(2,3)17(14(4,5)6)12-15(7,8)18(11)16(17,9)10;1-12(2)10-8-6-7-9-11(10)13(3,4)14(12)5;1-10(2,3)9-8-11(4,5)13(14)12(9,6)7;1-5(2,3)4;;/h19H,11-12H2,1-10H3;12H2,1-11H3;6-9H,1-5H3;9,14H,8H2,1-7H3;1-4H3;2*1H4. The summed E-state index contributed by atoms with van der Waals surface area (Å²) < 4.78 is 0. The minimum Gasteiger partial charge on any atom is -0.313 e. The highest BCUT2D eigenvalue weighted by Gasteiger charge is 2.68. The van der Waals surface area contributed by atoms with Crippen molar-refractivity contribution >= 4 is 0 Å². The van der Waals surface area contributed by atoms with Gasteiger partial charge in [-0.1, -0.05) is 171 Å². The van der Waals surface area contributed by atoms with Crippen molar-refractivity contribution in [3.05, 3.63) is 35.4 Å². The highest BCUT2D eigenvalue weighted by molar-refractivity contribution is 5.42. The summed E-state index contributed by atoms with van der Waals surface area (Å²) in [5.74, 6) is 0.523. The van der Waals surface area contributed by atoms with Crippen molar-refractivity contribution in [1.29, 1.82) is 0 Å². The lowest BCUT2D eigenvalue weighted by Gasteiger charge is -2.65. The van der Waals surface area contributed by atoms with E-state index >= 15 is 0 Å². The summed E-state index contributed by atoms with van der Waals surface area (Å²) in [5.41, 5.74) is 5.34. The van der Waals surface area contributed by atoms with Crippen molar-refractivity contribution in [3.63, 3.8) is 0 Å². The maximum Gasteiger partial charge on any atom is 0.0444 e. The normalized spacial score (nSPS) is 25.7. The Hall–Kier alpha value is -1.02. The molecule has 1 unspecified atom stereocenters. The maximum absolute atomic E-state index is 10.6. The van der Waals surface area contributed by atoms with Crippen LogP contribution in [0.4, 0.5) is 0 Å². The number of benzene rings is 1. The molecule has 0 bridgehead atoms. The highest BCUT2D eigenvalue weighted by Crippen LogP contribution is 2.68. The van der Waals surface area contributed by atoms with Crippen molar-refractivity contribution < 1.29 is 10.4 Å². The predicted octanol–water partition coefficient (Wildman–Crippen LogP) is 19.8. The second kappa shape index (κ2) is 21.7. The Labute approximate surface area is 454 Å². The van der Waals surface area contributed by atoms with Crippen LogP contribution in [0.5, 0.6) is 0 Å². The van der Waals surface area contributed by atoms with Crippen LogP contribution in [-0.4, -0.2) is 77.7 Å². The molecule has 0 spiro atoms. The number of fused-ring (bicyclic) bond motifs is 1. The molecule has 1 aromatic rings. The fraction of sp³-hybridized carbons (Fsp3) is 0.909. The molecule has 1 atom stereocenters. The van der Waals surface area contributed by atoms with Crippen LogP contribution < -0.4 is 0 Å². The van der Waals surface area contributed by atoms with Crippen LogP contribution in [0.2, 0.25) is 0 Å². The van der Waals surface area contributed by atoms with E-state index in [0.29, 0.717) is 16.7 Å². The van der Waals surface area contributed by atoms with Gasteiger partial charge in [0, 0.05) is 44.3 Å². The molecule has 0 aromatic heterocycles. The lowest BCUT2D eigenvalue weighted by Crippen LogP contribution is -2.67. The summed E-state index contributed by atoms with van der Waals surface area (Å²) in [6.45, 7) is 80.2. The summed E-state index contributed by atoms with van der Waals surface area (Å²) in [7, 11) is 4.51. The molecular weight excluding hydrogens is 881 g/mol. The van der Waals surface area contributed by atoms with Crippen LogP contribution in [0.15, 0.2) is 24.3 Å². The van der Waals surface area contributed by atoms with Gasteiger partial charge in [-0.2, -0.15) is 10.1 Å². The zero-order valence-corrected chi connectivity index (χ0v) is 54.4. The topological polar surface area (TPSA) is 53.4 Å². The summed E-state index contributed by atoms with van der Waals surface area (Å²) in [6, 6.07) is 8.77. The minimum atomic E-state index is -0.192. The van der Waals surface area contributed by atoms with Gasteiger partial charge < -0.3 is 10.4 Å². The Kier molecular flexibility index (Phi) is 22.0. The van der Waals surface area contributed by atoms with E-state index in [-0.39, 0.29) is 91.7 Å².